The molecule has 0 saturated carbocycles. The third-order valence-electron chi connectivity index (χ3n) is 3.89. The van der Waals surface area contributed by atoms with Crippen LogP contribution in [0.3, 0.4) is 0 Å². The minimum absolute atomic E-state index is 0.305. The Hall–Kier alpha value is -0.130. The average molecular weight is 260 g/mol. The molecule has 0 aromatic rings. The number of hydrogen-bond acceptors (Lipinski definition) is 3. The summed E-state index contributed by atoms with van der Waals surface area (Å²) in [5.41, 5.74) is 0. The van der Waals surface area contributed by atoms with Gasteiger partial charge in [-0.2, -0.15) is 0 Å². The summed E-state index contributed by atoms with van der Waals surface area (Å²) in [5, 5.41) is 0. The van der Waals surface area contributed by atoms with Crippen molar-refractivity contribution in [3.8, 4) is 0 Å². The highest BCUT2D eigenvalue weighted by molar-refractivity contribution is 7.89. The van der Waals surface area contributed by atoms with Gasteiger partial charge in [-0.15, -0.1) is 0 Å². The fraction of sp³-hybridized carbons (Fsp3) is 1.00. The molecule has 100 valence electrons. The molecule has 2 aliphatic heterocycles. The van der Waals surface area contributed by atoms with Gasteiger partial charge in [0.15, 0.2) is 0 Å². The molecule has 0 amide bonds. The van der Waals surface area contributed by atoms with Crippen LogP contribution < -0.4 is 0 Å². The van der Waals surface area contributed by atoms with Crippen molar-refractivity contribution in [3.05, 3.63) is 0 Å². The van der Waals surface area contributed by atoms with E-state index in [1.807, 2.05) is 6.92 Å². The van der Waals surface area contributed by atoms with Gasteiger partial charge >= 0.3 is 0 Å². The summed E-state index contributed by atoms with van der Waals surface area (Å²) < 4.78 is 25.6. The summed E-state index contributed by atoms with van der Waals surface area (Å²) in [7, 11) is -2.97. The zero-order chi connectivity index (χ0) is 12.3. The lowest BCUT2D eigenvalue weighted by molar-refractivity contribution is 0.169. The number of nitrogens with zero attached hydrogens (tertiary/aromatic N) is 2. The predicted octanol–water partition coefficient (Wildman–Crippen LogP) is 1.29. The quantitative estimate of drug-likeness (QED) is 0.765. The molecule has 0 bridgehead atoms. The highest BCUT2D eigenvalue weighted by Crippen LogP contribution is 2.22. The maximum Gasteiger partial charge on any atom is 0.214 e. The van der Waals surface area contributed by atoms with E-state index in [2.05, 4.69) is 4.90 Å². The van der Waals surface area contributed by atoms with Crippen molar-refractivity contribution >= 4 is 10.0 Å². The summed E-state index contributed by atoms with van der Waals surface area (Å²) in [5.74, 6) is 0.305. The van der Waals surface area contributed by atoms with Gasteiger partial charge in [-0.25, -0.2) is 12.7 Å². The van der Waals surface area contributed by atoms with Crippen molar-refractivity contribution in [1.82, 2.24) is 9.21 Å². The number of hydrogen-bond donors (Lipinski definition) is 0. The third-order valence-corrected chi connectivity index (χ3v) is 5.93. The number of sulfonamides is 1. The summed E-state index contributed by atoms with van der Waals surface area (Å²) in [6.07, 6.45) is 5.62. The zero-order valence-corrected chi connectivity index (χ0v) is 11.6. The second-order valence-electron chi connectivity index (χ2n) is 5.21. The smallest absolute Gasteiger partial charge is 0.214 e. The second kappa shape index (κ2) is 5.67. The van der Waals surface area contributed by atoms with E-state index < -0.39 is 10.0 Å². The van der Waals surface area contributed by atoms with E-state index in [9.17, 15) is 8.42 Å². The van der Waals surface area contributed by atoms with Gasteiger partial charge < -0.3 is 0 Å². The van der Waals surface area contributed by atoms with E-state index in [0.29, 0.717) is 18.2 Å². The Kier molecular flexibility index (Phi) is 4.44. The summed E-state index contributed by atoms with van der Waals surface area (Å²) in [6.45, 7) is 5.69. The molecule has 17 heavy (non-hydrogen) atoms. The molecular weight excluding hydrogens is 236 g/mol. The zero-order valence-electron chi connectivity index (χ0n) is 10.8. The molecule has 2 aliphatic rings. The van der Waals surface area contributed by atoms with Gasteiger partial charge in [0.2, 0.25) is 10.0 Å². The van der Waals surface area contributed by atoms with Crippen molar-refractivity contribution in [1.29, 1.82) is 0 Å². The van der Waals surface area contributed by atoms with Gasteiger partial charge in [-0.3, -0.25) is 4.90 Å². The Labute approximate surface area is 105 Å². The van der Waals surface area contributed by atoms with Crippen molar-refractivity contribution in [2.75, 3.05) is 31.9 Å². The number of rotatable bonds is 4. The largest absolute Gasteiger partial charge is 0.299 e. The van der Waals surface area contributed by atoms with Gasteiger partial charge in [0, 0.05) is 19.1 Å². The molecule has 1 atom stereocenters. The van der Waals surface area contributed by atoms with Gasteiger partial charge in [-0.1, -0.05) is 13.3 Å². The Bertz CT molecular complexity index is 336. The highest BCUT2D eigenvalue weighted by atomic mass is 32.2. The topological polar surface area (TPSA) is 40.6 Å². The summed E-state index contributed by atoms with van der Waals surface area (Å²) in [6, 6.07) is 0.474. The van der Waals surface area contributed by atoms with E-state index >= 15 is 0 Å². The van der Waals surface area contributed by atoms with E-state index in [0.717, 1.165) is 32.6 Å². The van der Waals surface area contributed by atoms with Gasteiger partial charge in [0.25, 0.3) is 0 Å². The van der Waals surface area contributed by atoms with E-state index in [1.165, 1.54) is 19.3 Å². The molecule has 0 aliphatic carbocycles. The second-order valence-corrected chi connectivity index (χ2v) is 7.30. The van der Waals surface area contributed by atoms with Gasteiger partial charge in [-0.05, 0) is 38.8 Å². The Morgan fingerprint density at radius 1 is 1.12 bits per heavy atom. The molecule has 4 nitrogen and oxygen atoms in total. The molecule has 2 heterocycles. The number of likely N-dealkylation sites (tertiary alicyclic amines) is 1. The maximum atomic E-state index is 12.0. The lowest BCUT2D eigenvalue weighted by Gasteiger charge is -2.32. The molecule has 0 spiro atoms. The first kappa shape index (κ1) is 13.3. The molecule has 0 radical (unpaired) electrons. The van der Waals surface area contributed by atoms with Crippen molar-refractivity contribution in [2.45, 2.75) is 45.1 Å². The van der Waals surface area contributed by atoms with E-state index in [1.54, 1.807) is 4.31 Å². The van der Waals surface area contributed by atoms with Crippen LogP contribution >= 0.6 is 0 Å². The van der Waals surface area contributed by atoms with Crippen LogP contribution in [-0.2, 0) is 10.0 Å². The van der Waals surface area contributed by atoms with Crippen molar-refractivity contribution < 1.29 is 8.42 Å². The first-order valence-electron chi connectivity index (χ1n) is 6.85. The standard InChI is InChI=1S/C12H24N2O2S/c1-2-10-17(15,16)14-9-6-12(11-14)13-7-4-3-5-8-13/h12H,2-11H2,1H3. The van der Waals surface area contributed by atoms with Crippen LogP contribution in [0.15, 0.2) is 0 Å². The molecule has 1 unspecified atom stereocenters. The summed E-state index contributed by atoms with van der Waals surface area (Å²) >= 11 is 0. The van der Waals surface area contributed by atoms with Crippen LogP contribution in [0.2, 0.25) is 0 Å². The first-order chi connectivity index (χ1) is 8.13. The normalized spacial score (nSPS) is 28.6. The van der Waals surface area contributed by atoms with E-state index in [4.69, 9.17) is 0 Å². The first-order valence-corrected chi connectivity index (χ1v) is 8.46. The van der Waals surface area contributed by atoms with Crippen LogP contribution in [-0.4, -0.2) is 55.6 Å². The minimum Gasteiger partial charge on any atom is -0.299 e. The Balaban J connectivity index is 1.90. The lowest BCUT2D eigenvalue weighted by atomic mass is 10.1. The molecule has 0 aromatic carbocycles. The molecular formula is C12H24N2O2S. The van der Waals surface area contributed by atoms with Crippen molar-refractivity contribution in [3.63, 3.8) is 0 Å². The monoisotopic (exact) mass is 260 g/mol. The molecule has 2 saturated heterocycles. The van der Waals surface area contributed by atoms with Crippen LogP contribution in [0.25, 0.3) is 0 Å². The lowest BCUT2D eigenvalue weighted by Crippen LogP contribution is -2.41. The summed E-state index contributed by atoms with van der Waals surface area (Å²) in [4.78, 5) is 2.49. The third kappa shape index (κ3) is 3.20. The number of piperidine rings is 1. The fourth-order valence-corrected chi connectivity index (χ4v) is 4.49. The maximum absolute atomic E-state index is 12.0. The average Bonchev–Trinajstić information content (AvgIpc) is 2.80. The Morgan fingerprint density at radius 2 is 1.82 bits per heavy atom. The predicted molar refractivity (Wildman–Crippen MR) is 69.5 cm³/mol. The van der Waals surface area contributed by atoms with Crippen LogP contribution in [0, 0.1) is 0 Å². The molecule has 5 heteroatoms. The molecule has 0 N–H and O–H groups in total. The van der Waals surface area contributed by atoms with Crippen LogP contribution in [0.4, 0.5) is 0 Å². The van der Waals surface area contributed by atoms with E-state index in [-0.39, 0.29) is 0 Å². The molecule has 2 fully saturated rings. The highest BCUT2D eigenvalue weighted by Gasteiger charge is 2.33. The SMILES string of the molecule is CCCS(=O)(=O)N1CCC(N2CCCCC2)C1. The van der Waals surface area contributed by atoms with Crippen LogP contribution in [0.1, 0.15) is 39.0 Å². The molecule has 2 rings (SSSR count). The van der Waals surface area contributed by atoms with Gasteiger partial charge in [0.1, 0.15) is 0 Å². The molecule has 0 aromatic heterocycles. The minimum atomic E-state index is -2.97. The Morgan fingerprint density at radius 3 is 2.47 bits per heavy atom. The fourth-order valence-electron chi connectivity index (χ4n) is 2.93. The van der Waals surface area contributed by atoms with Gasteiger partial charge in [0.05, 0.1) is 5.75 Å². The van der Waals surface area contributed by atoms with Crippen LogP contribution in [0.5, 0.6) is 0 Å². The van der Waals surface area contributed by atoms with Crippen molar-refractivity contribution in [2.24, 2.45) is 0 Å².